The SMILES string of the molecule is CCOc1ccc(NC(=O)CN(C)c2ncnc3sc(-c4ccccc4)cc23)cc1OCC. The van der Waals surface area contributed by atoms with Crippen molar-refractivity contribution < 1.29 is 14.3 Å². The maximum Gasteiger partial charge on any atom is 0.243 e. The van der Waals surface area contributed by atoms with Crippen molar-refractivity contribution in [3.63, 3.8) is 0 Å². The van der Waals surface area contributed by atoms with E-state index < -0.39 is 0 Å². The first-order valence-corrected chi connectivity index (χ1v) is 11.6. The van der Waals surface area contributed by atoms with E-state index in [4.69, 9.17) is 9.47 Å². The number of nitrogens with one attached hydrogen (secondary N) is 1. The number of aromatic nitrogens is 2. The minimum Gasteiger partial charge on any atom is -0.490 e. The maximum absolute atomic E-state index is 12.8. The zero-order valence-corrected chi connectivity index (χ0v) is 19.7. The van der Waals surface area contributed by atoms with E-state index >= 15 is 0 Å². The van der Waals surface area contributed by atoms with Crippen molar-refractivity contribution in [3.05, 3.63) is 60.9 Å². The second kappa shape index (κ2) is 10.3. The maximum atomic E-state index is 12.8. The van der Waals surface area contributed by atoms with E-state index in [1.807, 2.05) is 44.0 Å². The van der Waals surface area contributed by atoms with E-state index in [-0.39, 0.29) is 12.5 Å². The Hall–Kier alpha value is -3.65. The van der Waals surface area contributed by atoms with Gasteiger partial charge in [-0.25, -0.2) is 9.97 Å². The average molecular weight is 463 g/mol. The second-order valence-corrected chi connectivity index (χ2v) is 8.36. The molecule has 4 aromatic rings. The number of anilines is 2. The smallest absolute Gasteiger partial charge is 0.243 e. The Morgan fingerprint density at radius 1 is 1.00 bits per heavy atom. The van der Waals surface area contributed by atoms with Gasteiger partial charge in [0.2, 0.25) is 5.91 Å². The lowest BCUT2D eigenvalue weighted by molar-refractivity contribution is -0.114. The van der Waals surface area contributed by atoms with E-state index in [2.05, 4.69) is 33.5 Å². The van der Waals surface area contributed by atoms with Gasteiger partial charge in [-0.05, 0) is 37.6 Å². The summed E-state index contributed by atoms with van der Waals surface area (Å²) in [5.74, 6) is 1.82. The first-order valence-electron chi connectivity index (χ1n) is 10.8. The van der Waals surface area contributed by atoms with E-state index in [1.165, 1.54) is 6.33 Å². The summed E-state index contributed by atoms with van der Waals surface area (Å²) in [5.41, 5.74) is 1.78. The molecule has 0 spiro atoms. The van der Waals surface area contributed by atoms with Gasteiger partial charge < -0.3 is 19.7 Å². The Labute approximate surface area is 197 Å². The summed E-state index contributed by atoms with van der Waals surface area (Å²) in [7, 11) is 1.85. The van der Waals surface area contributed by atoms with Crippen LogP contribution in [0.1, 0.15) is 13.8 Å². The Kier molecular flexibility index (Phi) is 7.04. The minimum absolute atomic E-state index is 0.139. The number of likely N-dealkylation sites (N-methyl/N-ethyl adjacent to an activating group) is 1. The summed E-state index contributed by atoms with van der Waals surface area (Å²) in [4.78, 5) is 25.5. The van der Waals surface area contributed by atoms with Gasteiger partial charge in [0, 0.05) is 23.7 Å². The van der Waals surface area contributed by atoms with E-state index in [0.717, 1.165) is 26.5 Å². The van der Waals surface area contributed by atoms with Gasteiger partial charge in [-0.3, -0.25) is 4.79 Å². The first kappa shape index (κ1) is 22.5. The summed E-state index contributed by atoms with van der Waals surface area (Å²) in [6, 6.07) is 17.6. The molecule has 8 heteroatoms. The molecule has 0 unspecified atom stereocenters. The van der Waals surface area contributed by atoms with Crippen LogP contribution in [0.3, 0.4) is 0 Å². The molecule has 0 radical (unpaired) electrons. The number of thiophene rings is 1. The topological polar surface area (TPSA) is 76.6 Å². The predicted molar refractivity (Wildman–Crippen MR) is 134 cm³/mol. The fourth-order valence-corrected chi connectivity index (χ4v) is 4.51. The average Bonchev–Trinajstić information content (AvgIpc) is 3.26. The van der Waals surface area contributed by atoms with Crippen LogP contribution in [0, 0.1) is 0 Å². The molecule has 1 N–H and O–H groups in total. The quantitative estimate of drug-likeness (QED) is 0.367. The molecule has 170 valence electrons. The fourth-order valence-electron chi connectivity index (χ4n) is 3.51. The summed E-state index contributed by atoms with van der Waals surface area (Å²) < 4.78 is 11.2. The largest absolute Gasteiger partial charge is 0.490 e. The van der Waals surface area contributed by atoms with E-state index in [1.54, 1.807) is 29.5 Å². The van der Waals surface area contributed by atoms with Gasteiger partial charge in [0.1, 0.15) is 17.0 Å². The van der Waals surface area contributed by atoms with Crippen LogP contribution in [0.5, 0.6) is 11.5 Å². The standard InChI is InChI=1S/C25H26N4O3S/c1-4-31-20-12-11-18(13-21(20)32-5-2)28-23(30)15-29(3)24-19-14-22(17-9-7-6-8-10-17)33-25(19)27-16-26-24/h6-14,16H,4-5,15H2,1-3H3,(H,28,30). The van der Waals surface area contributed by atoms with Crippen molar-refractivity contribution in [2.24, 2.45) is 0 Å². The summed E-state index contributed by atoms with van der Waals surface area (Å²) >= 11 is 1.61. The fraction of sp³-hybridized carbons (Fsp3) is 0.240. The molecule has 0 aliphatic heterocycles. The Balaban J connectivity index is 1.50. The lowest BCUT2D eigenvalue weighted by Crippen LogP contribution is -2.30. The Morgan fingerprint density at radius 2 is 1.76 bits per heavy atom. The van der Waals surface area contributed by atoms with Gasteiger partial charge in [-0.2, -0.15) is 0 Å². The molecule has 0 fully saturated rings. The molecule has 0 bridgehead atoms. The van der Waals surface area contributed by atoms with E-state index in [0.29, 0.717) is 30.4 Å². The number of amides is 1. The molecule has 33 heavy (non-hydrogen) atoms. The van der Waals surface area contributed by atoms with Crippen LogP contribution in [0.4, 0.5) is 11.5 Å². The number of fused-ring (bicyclic) bond motifs is 1. The van der Waals surface area contributed by atoms with E-state index in [9.17, 15) is 4.79 Å². The number of rotatable bonds is 9. The van der Waals surface area contributed by atoms with Crippen LogP contribution in [0.25, 0.3) is 20.7 Å². The molecule has 0 saturated heterocycles. The number of hydrogen-bond acceptors (Lipinski definition) is 7. The van der Waals surface area contributed by atoms with Crippen molar-refractivity contribution in [2.45, 2.75) is 13.8 Å². The molecular formula is C25H26N4O3S. The van der Waals surface area contributed by atoms with Crippen LogP contribution in [0.15, 0.2) is 60.9 Å². The minimum atomic E-state index is -0.158. The third kappa shape index (κ3) is 5.23. The van der Waals surface area contributed by atoms with Crippen molar-refractivity contribution >= 4 is 39.0 Å². The number of benzene rings is 2. The number of carbonyl (C=O) groups is 1. The molecule has 2 aromatic heterocycles. The third-order valence-electron chi connectivity index (χ3n) is 4.94. The zero-order valence-electron chi connectivity index (χ0n) is 18.9. The highest BCUT2D eigenvalue weighted by atomic mass is 32.1. The van der Waals surface area contributed by atoms with Gasteiger partial charge in [0.05, 0.1) is 25.1 Å². The molecule has 1 amide bonds. The van der Waals surface area contributed by atoms with Gasteiger partial charge >= 0.3 is 0 Å². The number of hydrogen-bond donors (Lipinski definition) is 1. The van der Waals surface area contributed by atoms with Crippen LogP contribution in [-0.4, -0.2) is 42.7 Å². The Morgan fingerprint density at radius 3 is 2.52 bits per heavy atom. The molecular weight excluding hydrogens is 436 g/mol. The highest BCUT2D eigenvalue weighted by Gasteiger charge is 2.16. The van der Waals surface area contributed by atoms with Gasteiger partial charge in [0.15, 0.2) is 11.5 Å². The van der Waals surface area contributed by atoms with Crippen LogP contribution < -0.4 is 19.7 Å². The predicted octanol–water partition coefficient (Wildman–Crippen LogP) is 5.23. The van der Waals surface area contributed by atoms with Crippen molar-refractivity contribution in [1.82, 2.24) is 9.97 Å². The Bertz CT molecular complexity index is 1240. The number of nitrogens with zero attached hydrogens (tertiary/aromatic N) is 3. The van der Waals surface area contributed by atoms with Crippen LogP contribution >= 0.6 is 11.3 Å². The van der Waals surface area contributed by atoms with Gasteiger partial charge in [0.25, 0.3) is 0 Å². The lowest BCUT2D eigenvalue weighted by Gasteiger charge is -2.18. The van der Waals surface area contributed by atoms with Crippen LogP contribution in [0.2, 0.25) is 0 Å². The molecule has 2 aromatic carbocycles. The first-order chi connectivity index (χ1) is 16.1. The monoisotopic (exact) mass is 462 g/mol. The highest BCUT2D eigenvalue weighted by Crippen LogP contribution is 2.36. The molecule has 2 heterocycles. The second-order valence-electron chi connectivity index (χ2n) is 7.32. The van der Waals surface area contributed by atoms with Gasteiger partial charge in [-0.15, -0.1) is 11.3 Å². The lowest BCUT2D eigenvalue weighted by atomic mass is 10.2. The molecule has 7 nitrogen and oxygen atoms in total. The molecule has 0 aliphatic carbocycles. The van der Waals surface area contributed by atoms with Crippen molar-refractivity contribution in [2.75, 3.05) is 37.0 Å². The van der Waals surface area contributed by atoms with Crippen molar-refractivity contribution in [3.8, 4) is 21.9 Å². The molecule has 4 rings (SSSR count). The normalized spacial score (nSPS) is 10.8. The summed E-state index contributed by atoms with van der Waals surface area (Å²) in [6.07, 6.45) is 1.54. The van der Waals surface area contributed by atoms with Gasteiger partial charge in [-0.1, -0.05) is 30.3 Å². The molecule has 0 atom stereocenters. The highest BCUT2D eigenvalue weighted by molar-refractivity contribution is 7.21. The molecule has 0 saturated carbocycles. The number of carbonyl (C=O) groups excluding carboxylic acids is 1. The molecule has 0 aliphatic rings. The van der Waals surface area contributed by atoms with Crippen LogP contribution in [-0.2, 0) is 4.79 Å². The summed E-state index contributed by atoms with van der Waals surface area (Å²) in [5, 5.41) is 3.86. The third-order valence-corrected chi connectivity index (χ3v) is 6.03. The number of ether oxygens (including phenoxy) is 2. The zero-order chi connectivity index (χ0) is 23.2. The summed E-state index contributed by atoms with van der Waals surface area (Å²) in [6.45, 7) is 5.02. The van der Waals surface area contributed by atoms with Crippen molar-refractivity contribution in [1.29, 1.82) is 0 Å².